The first-order chi connectivity index (χ1) is 8.99. The summed E-state index contributed by atoms with van der Waals surface area (Å²) in [5.74, 6) is 0.313. The molecule has 2 rings (SSSR count). The molecular formula is C13H18ClN3O2. The molecule has 0 bridgehead atoms. The first-order valence-electron chi connectivity index (χ1n) is 6.55. The molecule has 1 amide bonds. The second-order valence-corrected chi connectivity index (χ2v) is 5.39. The highest BCUT2D eigenvalue weighted by Crippen LogP contribution is 2.18. The molecule has 1 fully saturated rings. The van der Waals surface area contributed by atoms with Gasteiger partial charge in [-0.15, -0.1) is 0 Å². The zero-order valence-electron chi connectivity index (χ0n) is 11.1. The fourth-order valence-corrected chi connectivity index (χ4v) is 2.77. The molecule has 1 aliphatic rings. The molecule has 0 aromatic carbocycles. The molecule has 6 heteroatoms. The third-order valence-corrected chi connectivity index (χ3v) is 3.76. The van der Waals surface area contributed by atoms with Crippen LogP contribution < -0.4 is 10.9 Å². The van der Waals surface area contributed by atoms with Gasteiger partial charge in [0.05, 0.1) is 0 Å². The highest BCUT2D eigenvalue weighted by molar-refractivity contribution is 6.29. The Labute approximate surface area is 117 Å². The maximum atomic E-state index is 12.2. The Balaban J connectivity index is 2.16. The van der Waals surface area contributed by atoms with Crippen molar-refractivity contribution in [3.05, 3.63) is 27.4 Å². The zero-order chi connectivity index (χ0) is 14.0. The van der Waals surface area contributed by atoms with Crippen LogP contribution in [0.2, 0.25) is 5.15 Å². The Morgan fingerprint density at radius 3 is 2.74 bits per heavy atom. The number of carbonyl (C=O) groups excluding carboxylic acids is 1. The highest BCUT2D eigenvalue weighted by atomic mass is 35.5. The minimum Gasteiger partial charge on any atom is -0.352 e. The van der Waals surface area contributed by atoms with Crippen molar-refractivity contribution in [1.29, 1.82) is 0 Å². The number of hydrogen-bond donors (Lipinski definition) is 1. The van der Waals surface area contributed by atoms with E-state index >= 15 is 0 Å². The Kier molecular flexibility index (Phi) is 4.24. The summed E-state index contributed by atoms with van der Waals surface area (Å²) < 4.78 is 1.37. The monoisotopic (exact) mass is 283 g/mol. The van der Waals surface area contributed by atoms with E-state index in [0.717, 1.165) is 25.7 Å². The van der Waals surface area contributed by atoms with Crippen molar-refractivity contribution in [1.82, 2.24) is 14.9 Å². The van der Waals surface area contributed by atoms with E-state index in [9.17, 15) is 9.59 Å². The van der Waals surface area contributed by atoms with Crippen molar-refractivity contribution < 1.29 is 4.79 Å². The topological polar surface area (TPSA) is 64.0 Å². The van der Waals surface area contributed by atoms with E-state index in [1.165, 1.54) is 10.6 Å². The quantitative estimate of drug-likeness (QED) is 0.861. The second kappa shape index (κ2) is 5.74. The number of nitrogens with zero attached hydrogens (tertiary/aromatic N) is 2. The van der Waals surface area contributed by atoms with E-state index in [-0.39, 0.29) is 22.7 Å². The van der Waals surface area contributed by atoms with Gasteiger partial charge in [0.2, 0.25) is 5.91 Å². The normalized spacial score (nSPS) is 17.4. The van der Waals surface area contributed by atoms with Gasteiger partial charge in [0.25, 0.3) is 5.56 Å². The van der Waals surface area contributed by atoms with Crippen LogP contribution in [0.3, 0.4) is 0 Å². The third-order valence-electron chi connectivity index (χ3n) is 3.57. The van der Waals surface area contributed by atoms with E-state index in [2.05, 4.69) is 10.3 Å². The fraction of sp³-hybridized carbons (Fsp3) is 0.615. The Bertz CT molecular complexity index is 535. The standard InChI is InChI=1S/C13H18ClN3O2/c1-8(13(19)16-10-5-3-4-6-10)17-9(2)15-11(14)7-12(17)18/h7-8,10H,3-6H2,1-2H3,(H,16,19). The van der Waals surface area contributed by atoms with Gasteiger partial charge in [0, 0.05) is 12.1 Å². The summed E-state index contributed by atoms with van der Waals surface area (Å²) in [4.78, 5) is 28.1. The van der Waals surface area contributed by atoms with Crippen LogP contribution in [0, 0.1) is 6.92 Å². The second-order valence-electron chi connectivity index (χ2n) is 5.00. The molecule has 1 aliphatic carbocycles. The van der Waals surface area contributed by atoms with Crippen molar-refractivity contribution in [3.8, 4) is 0 Å². The van der Waals surface area contributed by atoms with E-state index in [1.807, 2.05) is 0 Å². The van der Waals surface area contributed by atoms with E-state index in [0.29, 0.717) is 5.82 Å². The minimum atomic E-state index is -0.571. The molecule has 5 nitrogen and oxygen atoms in total. The van der Waals surface area contributed by atoms with Crippen molar-refractivity contribution in [2.24, 2.45) is 0 Å². The molecule has 0 radical (unpaired) electrons. The summed E-state index contributed by atoms with van der Waals surface area (Å²) in [6.45, 7) is 3.38. The Hall–Kier alpha value is -1.36. The Morgan fingerprint density at radius 2 is 2.16 bits per heavy atom. The van der Waals surface area contributed by atoms with Crippen LogP contribution >= 0.6 is 11.6 Å². The largest absolute Gasteiger partial charge is 0.352 e. The molecule has 0 aliphatic heterocycles. The molecular weight excluding hydrogens is 266 g/mol. The average Bonchev–Trinajstić information content (AvgIpc) is 2.80. The summed E-state index contributed by atoms with van der Waals surface area (Å²) in [6.07, 6.45) is 4.35. The predicted octanol–water partition coefficient (Wildman–Crippen LogP) is 1.82. The van der Waals surface area contributed by atoms with Gasteiger partial charge in [-0.25, -0.2) is 4.98 Å². The number of hydrogen-bond acceptors (Lipinski definition) is 3. The lowest BCUT2D eigenvalue weighted by Gasteiger charge is -2.19. The van der Waals surface area contributed by atoms with E-state index in [4.69, 9.17) is 11.6 Å². The van der Waals surface area contributed by atoms with Crippen LogP contribution in [0.25, 0.3) is 0 Å². The molecule has 1 N–H and O–H groups in total. The molecule has 0 saturated heterocycles. The summed E-state index contributed by atoms with van der Waals surface area (Å²) in [5, 5.41) is 3.14. The number of aromatic nitrogens is 2. The van der Waals surface area contributed by atoms with Gasteiger partial charge in [-0.3, -0.25) is 14.2 Å². The number of aryl methyl sites for hydroxylation is 1. The molecule has 104 valence electrons. The predicted molar refractivity (Wildman–Crippen MR) is 73.4 cm³/mol. The number of rotatable bonds is 3. The van der Waals surface area contributed by atoms with Crippen molar-refractivity contribution >= 4 is 17.5 Å². The molecule has 1 unspecified atom stereocenters. The molecule has 1 atom stereocenters. The van der Waals surface area contributed by atoms with Crippen LogP contribution in [0.5, 0.6) is 0 Å². The number of halogens is 1. The summed E-state index contributed by atoms with van der Waals surface area (Å²) in [6, 6.07) is 0.901. The lowest BCUT2D eigenvalue weighted by molar-refractivity contribution is -0.124. The minimum absolute atomic E-state index is 0.138. The fourth-order valence-electron chi connectivity index (χ4n) is 2.55. The Morgan fingerprint density at radius 1 is 1.53 bits per heavy atom. The van der Waals surface area contributed by atoms with Gasteiger partial charge < -0.3 is 5.32 Å². The highest BCUT2D eigenvalue weighted by Gasteiger charge is 2.23. The number of nitrogens with one attached hydrogen (secondary N) is 1. The van der Waals surface area contributed by atoms with Crippen LogP contribution in [-0.2, 0) is 4.79 Å². The zero-order valence-corrected chi connectivity index (χ0v) is 11.9. The summed E-state index contributed by atoms with van der Waals surface area (Å²) in [5.41, 5.74) is -0.299. The van der Waals surface area contributed by atoms with Gasteiger partial charge in [-0.2, -0.15) is 0 Å². The van der Waals surface area contributed by atoms with Crippen LogP contribution in [0.4, 0.5) is 0 Å². The van der Waals surface area contributed by atoms with Crippen LogP contribution in [-0.4, -0.2) is 21.5 Å². The van der Waals surface area contributed by atoms with Gasteiger partial charge in [0.15, 0.2) is 0 Å². The summed E-state index contributed by atoms with van der Waals surface area (Å²) >= 11 is 5.72. The van der Waals surface area contributed by atoms with Gasteiger partial charge in [0.1, 0.15) is 17.0 Å². The van der Waals surface area contributed by atoms with Crippen LogP contribution in [0.1, 0.15) is 44.5 Å². The van der Waals surface area contributed by atoms with Crippen molar-refractivity contribution in [3.63, 3.8) is 0 Å². The van der Waals surface area contributed by atoms with Crippen LogP contribution in [0.15, 0.2) is 10.9 Å². The maximum absolute atomic E-state index is 12.2. The molecule has 1 saturated carbocycles. The maximum Gasteiger partial charge on any atom is 0.255 e. The number of carbonyl (C=O) groups is 1. The lowest BCUT2D eigenvalue weighted by Crippen LogP contribution is -2.40. The van der Waals surface area contributed by atoms with Gasteiger partial charge >= 0.3 is 0 Å². The molecule has 1 heterocycles. The van der Waals surface area contributed by atoms with Crippen molar-refractivity contribution in [2.75, 3.05) is 0 Å². The van der Waals surface area contributed by atoms with Gasteiger partial charge in [-0.1, -0.05) is 24.4 Å². The van der Waals surface area contributed by atoms with Crippen molar-refractivity contribution in [2.45, 2.75) is 51.6 Å². The first kappa shape index (κ1) is 14.1. The van der Waals surface area contributed by atoms with E-state index in [1.54, 1.807) is 13.8 Å². The molecule has 1 aromatic heterocycles. The number of amides is 1. The molecule has 1 aromatic rings. The first-order valence-corrected chi connectivity index (χ1v) is 6.93. The molecule has 19 heavy (non-hydrogen) atoms. The van der Waals surface area contributed by atoms with E-state index < -0.39 is 6.04 Å². The third kappa shape index (κ3) is 3.15. The lowest BCUT2D eigenvalue weighted by atomic mass is 10.2. The smallest absolute Gasteiger partial charge is 0.255 e. The SMILES string of the molecule is Cc1nc(Cl)cc(=O)n1C(C)C(=O)NC1CCCC1. The summed E-state index contributed by atoms with van der Waals surface area (Å²) in [7, 11) is 0. The van der Waals surface area contributed by atoms with Gasteiger partial charge in [-0.05, 0) is 26.7 Å². The molecule has 0 spiro atoms. The average molecular weight is 284 g/mol.